The molecule has 0 aliphatic carbocycles. The molecule has 0 saturated heterocycles. The van der Waals surface area contributed by atoms with Crippen LogP contribution in [0.1, 0.15) is 66.2 Å². The molecule has 2 unspecified atom stereocenters. The molecular formula is C15H31N. The molecule has 0 bridgehead atoms. The number of hydrogen-bond acceptors (Lipinski definition) is 1. The predicted molar refractivity (Wildman–Crippen MR) is 74.8 cm³/mol. The van der Waals surface area contributed by atoms with Crippen LogP contribution in [0.5, 0.6) is 0 Å². The lowest BCUT2D eigenvalue weighted by Gasteiger charge is -2.21. The maximum absolute atomic E-state index is 3.64. The van der Waals surface area contributed by atoms with Gasteiger partial charge in [-0.1, -0.05) is 58.6 Å². The van der Waals surface area contributed by atoms with Gasteiger partial charge in [0, 0.05) is 12.6 Å². The van der Waals surface area contributed by atoms with Crippen LogP contribution < -0.4 is 5.32 Å². The second kappa shape index (κ2) is 11.2. The van der Waals surface area contributed by atoms with Crippen LogP contribution in [-0.4, -0.2) is 12.6 Å². The van der Waals surface area contributed by atoms with E-state index >= 15 is 0 Å². The second-order valence-corrected chi connectivity index (χ2v) is 4.95. The Morgan fingerprint density at radius 1 is 1.12 bits per heavy atom. The van der Waals surface area contributed by atoms with Crippen LogP contribution in [-0.2, 0) is 0 Å². The summed E-state index contributed by atoms with van der Waals surface area (Å²) in [5, 5.41) is 3.64. The molecule has 0 spiro atoms. The van der Waals surface area contributed by atoms with E-state index < -0.39 is 0 Å². The van der Waals surface area contributed by atoms with Crippen molar-refractivity contribution < 1.29 is 0 Å². The quantitative estimate of drug-likeness (QED) is 0.538. The lowest BCUT2D eigenvalue weighted by molar-refractivity contribution is 0.369. The van der Waals surface area contributed by atoms with Gasteiger partial charge in [-0.15, -0.1) is 0 Å². The molecule has 2 atom stereocenters. The lowest BCUT2D eigenvalue weighted by atomic mass is 9.94. The van der Waals surface area contributed by atoms with E-state index in [9.17, 15) is 0 Å². The van der Waals surface area contributed by atoms with E-state index in [1.807, 2.05) is 0 Å². The predicted octanol–water partition coefficient (Wildman–Crippen LogP) is 4.54. The molecule has 96 valence electrons. The Labute approximate surface area is 103 Å². The minimum Gasteiger partial charge on any atom is -0.311 e. The SMILES string of the molecule is CC=CCNC(CCC)CC(C)CCCC. The Balaban J connectivity index is 3.81. The Hall–Kier alpha value is -0.300. The standard InChI is InChI=1S/C15H31N/c1-5-8-11-14(4)13-15(10-7-3)16-12-9-6-2/h6,9,14-16H,5,7-8,10-13H2,1-4H3. The fraction of sp³-hybridized carbons (Fsp3) is 0.867. The van der Waals surface area contributed by atoms with Gasteiger partial charge in [0.2, 0.25) is 0 Å². The number of unbranched alkanes of at least 4 members (excludes halogenated alkanes) is 1. The minimum absolute atomic E-state index is 0.716. The van der Waals surface area contributed by atoms with Gasteiger partial charge in [-0.25, -0.2) is 0 Å². The Morgan fingerprint density at radius 3 is 2.44 bits per heavy atom. The third-order valence-electron chi connectivity index (χ3n) is 3.13. The van der Waals surface area contributed by atoms with Crippen LogP contribution in [0.15, 0.2) is 12.2 Å². The Kier molecular flexibility index (Phi) is 11.0. The maximum Gasteiger partial charge on any atom is 0.0137 e. The average Bonchev–Trinajstić information content (AvgIpc) is 2.27. The van der Waals surface area contributed by atoms with Crippen LogP contribution in [0.4, 0.5) is 0 Å². The molecule has 0 radical (unpaired) electrons. The Bertz CT molecular complexity index is 163. The number of allylic oxidation sites excluding steroid dienone is 1. The van der Waals surface area contributed by atoms with Gasteiger partial charge in [0.15, 0.2) is 0 Å². The van der Waals surface area contributed by atoms with Gasteiger partial charge >= 0.3 is 0 Å². The summed E-state index contributed by atoms with van der Waals surface area (Å²) in [4.78, 5) is 0. The summed E-state index contributed by atoms with van der Waals surface area (Å²) in [5.74, 6) is 0.870. The van der Waals surface area contributed by atoms with Crippen molar-refractivity contribution in [3.05, 3.63) is 12.2 Å². The summed E-state index contributed by atoms with van der Waals surface area (Å²) in [6.45, 7) is 10.1. The van der Waals surface area contributed by atoms with E-state index in [-0.39, 0.29) is 0 Å². The normalized spacial score (nSPS) is 15.5. The van der Waals surface area contributed by atoms with Gasteiger partial charge in [-0.05, 0) is 25.7 Å². The first kappa shape index (κ1) is 15.7. The molecule has 0 heterocycles. The van der Waals surface area contributed by atoms with Crippen molar-refractivity contribution in [1.29, 1.82) is 0 Å². The zero-order chi connectivity index (χ0) is 12.2. The molecule has 0 aromatic rings. The highest BCUT2D eigenvalue weighted by molar-refractivity contribution is 4.82. The number of hydrogen-bond donors (Lipinski definition) is 1. The molecule has 0 fully saturated rings. The van der Waals surface area contributed by atoms with Gasteiger partial charge in [-0.3, -0.25) is 0 Å². The van der Waals surface area contributed by atoms with Crippen LogP contribution in [0.2, 0.25) is 0 Å². The van der Waals surface area contributed by atoms with Gasteiger partial charge in [-0.2, -0.15) is 0 Å². The molecule has 0 aliphatic rings. The average molecular weight is 225 g/mol. The summed E-state index contributed by atoms with van der Waals surface area (Å²) in [6, 6.07) is 0.716. The molecule has 1 N–H and O–H groups in total. The molecule has 1 heteroatoms. The number of rotatable bonds is 10. The van der Waals surface area contributed by atoms with Gasteiger partial charge in [0.1, 0.15) is 0 Å². The molecule has 0 amide bonds. The van der Waals surface area contributed by atoms with Gasteiger partial charge in [0.25, 0.3) is 0 Å². The van der Waals surface area contributed by atoms with E-state index in [0.29, 0.717) is 6.04 Å². The Morgan fingerprint density at radius 2 is 1.88 bits per heavy atom. The first-order valence-electron chi connectivity index (χ1n) is 7.09. The van der Waals surface area contributed by atoms with Crippen molar-refractivity contribution in [2.45, 2.75) is 72.3 Å². The summed E-state index contributed by atoms with van der Waals surface area (Å²) in [7, 11) is 0. The van der Waals surface area contributed by atoms with Crippen molar-refractivity contribution in [3.63, 3.8) is 0 Å². The van der Waals surface area contributed by atoms with Crippen LogP contribution in [0.25, 0.3) is 0 Å². The second-order valence-electron chi connectivity index (χ2n) is 4.95. The fourth-order valence-corrected chi connectivity index (χ4v) is 2.16. The molecule has 0 saturated carbocycles. The number of nitrogens with one attached hydrogen (secondary N) is 1. The topological polar surface area (TPSA) is 12.0 Å². The summed E-state index contributed by atoms with van der Waals surface area (Å²) in [5.41, 5.74) is 0. The summed E-state index contributed by atoms with van der Waals surface area (Å²) < 4.78 is 0. The highest BCUT2D eigenvalue weighted by atomic mass is 14.9. The third kappa shape index (κ3) is 8.96. The van der Waals surface area contributed by atoms with Crippen LogP contribution in [0, 0.1) is 5.92 Å². The summed E-state index contributed by atoms with van der Waals surface area (Å²) in [6.07, 6.45) is 12.4. The first-order chi connectivity index (χ1) is 7.74. The van der Waals surface area contributed by atoms with E-state index in [1.165, 1.54) is 38.5 Å². The first-order valence-corrected chi connectivity index (χ1v) is 7.09. The molecule has 0 aliphatic heterocycles. The summed E-state index contributed by atoms with van der Waals surface area (Å²) >= 11 is 0. The molecular weight excluding hydrogens is 194 g/mol. The van der Waals surface area contributed by atoms with E-state index in [2.05, 4.69) is 45.2 Å². The largest absolute Gasteiger partial charge is 0.311 e. The van der Waals surface area contributed by atoms with Crippen LogP contribution in [0.3, 0.4) is 0 Å². The zero-order valence-corrected chi connectivity index (χ0v) is 11.8. The zero-order valence-electron chi connectivity index (χ0n) is 11.8. The highest BCUT2D eigenvalue weighted by Gasteiger charge is 2.10. The van der Waals surface area contributed by atoms with Crippen molar-refractivity contribution >= 4 is 0 Å². The maximum atomic E-state index is 3.64. The monoisotopic (exact) mass is 225 g/mol. The van der Waals surface area contributed by atoms with Crippen LogP contribution >= 0.6 is 0 Å². The third-order valence-corrected chi connectivity index (χ3v) is 3.13. The van der Waals surface area contributed by atoms with Crippen molar-refractivity contribution in [1.82, 2.24) is 5.32 Å². The van der Waals surface area contributed by atoms with E-state index in [1.54, 1.807) is 0 Å². The molecule has 1 nitrogen and oxygen atoms in total. The molecule has 0 aromatic heterocycles. The van der Waals surface area contributed by atoms with Crippen molar-refractivity contribution in [2.75, 3.05) is 6.54 Å². The molecule has 0 rings (SSSR count). The van der Waals surface area contributed by atoms with Crippen molar-refractivity contribution in [3.8, 4) is 0 Å². The van der Waals surface area contributed by atoms with Crippen molar-refractivity contribution in [2.24, 2.45) is 5.92 Å². The minimum atomic E-state index is 0.716. The van der Waals surface area contributed by atoms with Gasteiger partial charge < -0.3 is 5.32 Å². The smallest absolute Gasteiger partial charge is 0.0137 e. The van der Waals surface area contributed by atoms with Gasteiger partial charge in [0.05, 0.1) is 0 Å². The molecule has 16 heavy (non-hydrogen) atoms. The van der Waals surface area contributed by atoms with E-state index in [4.69, 9.17) is 0 Å². The highest BCUT2D eigenvalue weighted by Crippen LogP contribution is 2.16. The van der Waals surface area contributed by atoms with E-state index in [0.717, 1.165) is 12.5 Å². The lowest BCUT2D eigenvalue weighted by Crippen LogP contribution is -2.30. The molecule has 0 aromatic carbocycles. The fourth-order valence-electron chi connectivity index (χ4n) is 2.16.